The van der Waals surface area contributed by atoms with Crippen molar-refractivity contribution in [2.24, 2.45) is 0 Å². The second kappa shape index (κ2) is 6.44. The van der Waals surface area contributed by atoms with Gasteiger partial charge in [0.05, 0.1) is 6.04 Å². The van der Waals surface area contributed by atoms with Crippen molar-refractivity contribution in [2.45, 2.75) is 19.9 Å². The number of nitrogens with zero attached hydrogens (tertiary/aromatic N) is 2. The first kappa shape index (κ1) is 15.0. The normalized spacial score (nSPS) is 11.9. The lowest BCUT2D eigenvalue weighted by Gasteiger charge is -2.12. The number of carbonyl (C=O) groups excluding carboxylic acids is 1. The van der Waals surface area contributed by atoms with Gasteiger partial charge < -0.3 is 9.84 Å². The summed E-state index contributed by atoms with van der Waals surface area (Å²) in [5, 5.41) is 6.63. The summed E-state index contributed by atoms with van der Waals surface area (Å²) < 4.78 is 5.18. The van der Waals surface area contributed by atoms with E-state index in [4.69, 9.17) is 4.52 Å². The van der Waals surface area contributed by atoms with Gasteiger partial charge in [0.15, 0.2) is 0 Å². The molecule has 0 aliphatic carbocycles. The molecular weight excluding hydrogens is 290 g/mol. The van der Waals surface area contributed by atoms with Crippen molar-refractivity contribution < 1.29 is 9.32 Å². The van der Waals surface area contributed by atoms with E-state index in [1.165, 1.54) is 0 Å². The van der Waals surface area contributed by atoms with Crippen molar-refractivity contribution in [1.29, 1.82) is 0 Å². The maximum atomic E-state index is 12.2. The zero-order chi connectivity index (χ0) is 16.2. The molecule has 3 aromatic rings. The fraction of sp³-hybridized carbons (Fsp3) is 0.167. The zero-order valence-electron chi connectivity index (χ0n) is 13.0. The van der Waals surface area contributed by atoms with Crippen LogP contribution in [0.1, 0.15) is 34.7 Å². The zero-order valence-corrected chi connectivity index (χ0v) is 13.0. The lowest BCUT2D eigenvalue weighted by atomic mass is 10.1. The summed E-state index contributed by atoms with van der Waals surface area (Å²) in [4.78, 5) is 16.4. The third-order valence-electron chi connectivity index (χ3n) is 3.57. The minimum Gasteiger partial charge on any atom is -0.343 e. The van der Waals surface area contributed by atoms with Gasteiger partial charge in [-0.2, -0.15) is 4.98 Å². The fourth-order valence-corrected chi connectivity index (χ4v) is 2.22. The third kappa shape index (κ3) is 3.45. The molecule has 0 fully saturated rings. The van der Waals surface area contributed by atoms with E-state index in [1.807, 2.05) is 68.4 Å². The largest absolute Gasteiger partial charge is 0.343 e. The SMILES string of the molecule is Cc1ccc(-c2nc(C(=O)N[C@H](C)c3ccccc3)no2)cc1. The summed E-state index contributed by atoms with van der Waals surface area (Å²) in [7, 11) is 0. The number of benzene rings is 2. The van der Waals surface area contributed by atoms with Crippen LogP contribution in [0, 0.1) is 6.92 Å². The summed E-state index contributed by atoms with van der Waals surface area (Å²) in [6.45, 7) is 3.91. The molecule has 0 bridgehead atoms. The van der Waals surface area contributed by atoms with Crippen LogP contribution in [0.2, 0.25) is 0 Å². The van der Waals surface area contributed by atoms with Crippen molar-refractivity contribution in [3.8, 4) is 11.5 Å². The molecule has 0 saturated carbocycles. The number of carbonyl (C=O) groups is 1. The first-order chi connectivity index (χ1) is 11.1. The minimum absolute atomic E-state index is 0.0309. The van der Waals surface area contributed by atoms with Crippen LogP contribution in [-0.4, -0.2) is 16.0 Å². The molecule has 1 heterocycles. The summed E-state index contributed by atoms with van der Waals surface area (Å²) in [6, 6.07) is 17.3. The van der Waals surface area contributed by atoms with Crippen molar-refractivity contribution >= 4 is 5.91 Å². The van der Waals surface area contributed by atoms with Crippen LogP contribution in [0.3, 0.4) is 0 Å². The highest BCUT2D eigenvalue weighted by molar-refractivity contribution is 5.90. The third-order valence-corrected chi connectivity index (χ3v) is 3.57. The molecule has 0 spiro atoms. The van der Waals surface area contributed by atoms with Crippen molar-refractivity contribution in [3.63, 3.8) is 0 Å². The number of hydrogen-bond acceptors (Lipinski definition) is 4. The van der Waals surface area contributed by atoms with Crippen molar-refractivity contribution in [2.75, 3.05) is 0 Å². The molecule has 0 radical (unpaired) electrons. The molecule has 2 aromatic carbocycles. The Hall–Kier alpha value is -2.95. The smallest absolute Gasteiger partial charge is 0.293 e. The van der Waals surface area contributed by atoms with Crippen LogP contribution < -0.4 is 5.32 Å². The van der Waals surface area contributed by atoms with Crippen LogP contribution in [-0.2, 0) is 0 Å². The van der Waals surface area contributed by atoms with E-state index in [0.717, 1.165) is 16.7 Å². The van der Waals surface area contributed by atoms with Crippen LogP contribution in [0.4, 0.5) is 0 Å². The van der Waals surface area contributed by atoms with Gasteiger partial charge in [-0.25, -0.2) is 0 Å². The predicted octanol–water partition coefficient (Wildman–Crippen LogP) is 3.54. The summed E-state index contributed by atoms with van der Waals surface area (Å²) in [5.74, 6) is 0.00864. The van der Waals surface area contributed by atoms with Gasteiger partial charge in [-0.15, -0.1) is 0 Å². The molecule has 1 N–H and O–H groups in total. The molecule has 0 aliphatic rings. The molecule has 1 amide bonds. The van der Waals surface area contributed by atoms with E-state index in [0.29, 0.717) is 5.89 Å². The lowest BCUT2D eigenvalue weighted by Crippen LogP contribution is -2.27. The highest BCUT2D eigenvalue weighted by atomic mass is 16.5. The number of amides is 1. The van der Waals surface area contributed by atoms with E-state index in [9.17, 15) is 4.79 Å². The van der Waals surface area contributed by atoms with E-state index >= 15 is 0 Å². The van der Waals surface area contributed by atoms with E-state index in [1.54, 1.807) is 0 Å². The predicted molar refractivity (Wildman–Crippen MR) is 86.8 cm³/mol. The van der Waals surface area contributed by atoms with Crippen LogP contribution in [0.15, 0.2) is 59.1 Å². The molecule has 1 aromatic heterocycles. The minimum atomic E-state index is -0.358. The van der Waals surface area contributed by atoms with Crippen LogP contribution >= 0.6 is 0 Å². The van der Waals surface area contributed by atoms with E-state index in [2.05, 4.69) is 15.5 Å². The highest BCUT2D eigenvalue weighted by Gasteiger charge is 2.18. The van der Waals surface area contributed by atoms with Crippen molar-refractivity contribution in [3.05, 3.63) is 71.5 Å². The monoisotopic (exact) mass is 307 g/mol. The number of rotatable bonds is 4. The molecule has 5 heteroatoms. The van der Waals surface area contributed by atoms with Gasteiger partial charge in [0.2, 0.25) is 0 Å². The van der Waals surface area contributed by atoms with Gasteiger partial charge in [-0.1, -0.05) is 53.2 Å². The quantitative estimate of drug-likeness (QED) is 0.800. The molecule has 5 nitrogen and oxygen atoms in total. The Balaban J connectivity index is 1.72. The highest BCUT2D eigenvalue weighted by Crippen LogP contribution is 2.18. The summed E-state index contributed by atoms with van der Waals surface area (Å²) >= 11 is 0. The van der Waals surface area contributed by atoms with Gasteiger partial charge in [-0.3, -0.25) is 4.79 Å². The molecule has 23 heavy (non-hydrogen) atoms. The Bertz CT molecular complexity index is 795. The van der Waals surface area contributed by atoms with Gasteiger partial charge >= 0.3 is 0 Å². The summed E-state index contributed by atoms with van der Waals surface area (Å²) in [5.41, 5.74) is 2.95. The molecule has 3 rings (SSSR count). The Morgan fingerprint density at radius 1 is 1.09 bits per heavy atom. The van der Waals surface area contributed by atoms with Gasteiger partial charge in [0.1, 0.15) is 0 Å². The average molecular weight is 307 g/mol. The number of hydrogen-bond donors (Lipinski definition) is 1. The Morgan fingerprint density at radius 3 is 2.48 bits per heavy atom. The Morgan fingerprint density at radius 2 is 1.78 bits per heavy atom. The Labute approximate surface area is 134 Å². The number of nitrogens with one attached hydrogen (secondary N) is 1. The fourth-order valence-electron chi connectivity index (χ4n) is 2.22. The van der Waals surface area contributed by atoms with E-state index < -0.39 is 0 Å². The molecule has 0 saturated heterocycles. The first-order valence-corrected chi connectivity index (χ1v) is 7.40. The molecular formula is C18H17N3O2. The molecule has 116 valence electrons. The average Bonchev–Trinajstić information content (AvgIpc) is 3.06. The van der Waals surface area contributed by atoms with Crippen LogP contribution in [0.25, 0.3) is 11.5 Å². The lowest BCUT2D eigenvalue weighted by molar-refractivity contribution is 0.0926. The van der Waals surface area contributed by atoms with E-state index in [-0.39, 0.29) is 17.8 Å². The standard InChI is InChI=1S/C18H17N3O2/c1-12-8-10-15(11-9-12)18-20-16(21-23-18)17(22)19-13(2)14-6-4-3-5-7-14/h3-11,13H,1-2H3,(H,19,22)/t13-/m1/s1. The van der Waals surface area contributed by atoms with Gasteiger partial charge in [-0.05, 0) is 31.5 Å². The molecule has 0 unspecified atom stereocenters. The molecule has 0 aliphatic heterocycles. The number of aryl methyl sites for hydroxylation is 1. The second-order valence-electron chi connectivity index (χ2n) is 5.39. The van der Waals surface area contributed by atoms with Crippen molar-refractivity contribution in [1.82, 2.24) is 15.5 Å². The van der Waals surface area contributed by atoms with Gasteiger partial charge in [0, 0.05) is 5.56 Å². The number of aromatic nitrogens is 2. The second-order valence-corrected chi connectivity index (χ2v) is 5.39. The Kier molecular flexibility index (Phi) is 4.19. The van der Waals surface area contributed by atoms with Gasteiger partial charge in [0.25, 0.3) is 17.6 Å². The maximum Gasteiger partial charge on any atom is 0.293 e. The topological polar surface area (TPSA) is 68.0 Å². The maximum absolute atomic E-state index is 12.2. The molecule has 1 atom stereocenters. The summed E-state index contributed by atoms with van der Waals surface area (Å²) in [6.07, 6.45) is 0. The van der Waals surface area contributed by atoms with Crippen LogP contribution in [0.5, 0.6) is 0 Å². The first-order valence-electron chi connectivity index (χ1n) is 7.40.